The van der Waals surface area contributed by atoms with E-state index in [0.29, 0.717) is 22.9 Å². The molecule has 0 saturated heterocycles. The molecule has 1 aliphatic rings. The lowest BCUT2D eigenvalue weighted by atomic mass is 9.80. The molecule has 1 amide bonds. The molecule has 1 fully saturated rings. The van der Waals surface area contributed by atoms with E-state index in [1.165, 1.54) is 6.07 Å². The Morgan fingerprint density at radius 1 is 1.42 bits per heavy atom. The van der Waals surface area contributed by atoms with Crippen molar-refractivity contribution < 1.29 is 19.1 Å². The highest BCUT2D eigenvalue weighted by molar-refractivity contribution is 9.10. The lowest BCUT2D eigenvalue weighted by Crippen LogP contribution is -2.47. The van der Waals surface area contributed by atoms with Crippen LogP contribution in [0, 0.1) is 11.7 Å². The maximum atomic E-state index is 13.0. The molecule has 0 atom stereocenters. The molecule has 1 aromatic carbocycles. The van der Waals surface area contributed by atoms with Crippen LogP contribution in [0.25, 0.3) is 0 Å². The second-order valence-corrected chi connectivity index (χ2v) is 5.55. The Labute approximate surface area is 118 Å². The highest BCUT2D eigenvalue weighted by Gasteiger charge is 2.35. The fourth-order valence-corrected chi connectivity index (χ4v) is 2.48. The summed E-state index contributed by atoms with van der Waals surface area (Å²) in [7, 11) is 0. The Morgan fingerprint density at radius 3 is 2.68 bits per heavy atom. The fourth-order valence-electron chi connectivity index (χ4n) is 2.05. The summed E-state index contributed by atoms with van der Waals surface area (Å²) in [5, 5.41) is 11.5. The zero-order valence-electron chi connectivity index (χ0n) is 10.0. The lowest BCUT2D eigenvalue weighted by molar-refractivity contribution is -0.146. The van der Waals surface area contributed by atoms with Crippen molar-refractivity contribution in [3.63, 3.8) is 0 Å². The summed E-state index contributed by atoms with van der Waals surface area (Å²) in [4.78, 5) is 22.3. The van der Waals surface area contributed by atoms with Crippen molar-refractivity contribution in [2.75, 3.05) is 0 Å². The van der Waals surface area contributed by atoms with Crippen molar-refractivity contribution in [1.29, 1.82) is 0 Å². The molecule has 2 N–H and O–H groups in total. The first-order valence-electron chi connectivity index (χ1n) is 5.92. The van der Waals surface area contributed by atoms with Gasteiger partial charge in [-0.05, 0) is 46.5 Å². The van der Waals surface area contributed by atoms with Crippen molar-refractivity contribution in [2.24, 2.45) is 5.92 Å². The normalized spacial score (nSPS) is 21.6. The third-order valence-corrected chi connectivity index (χ3v) is 3.81. The maximum absolute atomic E-state index is 13.0. The number of amides is 1. The van der Waals surface area contributed by atoms with E-state index in [9.17, 15) is 14.0 Å². The number of halogens is 2. The second-order valence-electron chi connectivity index (χ2n) is 4.70. The highest BCUT2D eigenvalue weighted by Crippen LogP contribution is 2.27. The topological polar surface area (TPSA) is 66.4 Å². The van der Waals surface area contributed by atoms with Crippen LogP contribution in [0.3, 0.4) is 0 Å². The quantitative estimate of drug-likeness (QED) is 0.889. The van der Waals surface area contributed by atoms with Gasteiger partial charge in [0.15, 0.2) is 0 Å². The van der Waals surface area contributed by atoms with Crippen LogP contribution < -0.4 is 5.32 Å². The van der Waals surface area contributed by atoms with Crippen LogP contribution >= 0.6 is 15.9 Å². The molecule has 0 unspecified atom stereocenters. The second kappa shape index (κ2) is 5.69. The number of carbonyl (C=O) groups is 2. The van der Waals surface area contributed by atoms with Crippen molar-refractivity contribution >= 4 is 27.8 Å². The molecule has 0 bridgehead atoms. The summed E-state index contributed by atoms with van der Waals surface area (Å²) < 4.78 is 13.4. The van der Waals surface area contributed by atoms with Gasteiger partial charge in [-0.3, -0.25) is 9.59 Å². The molecule has 102 valence electrons. The Hall–Kier alpha value is -1.43. The van der Waals surface area contributed by atoms with Gasteiger partial charge in [-0.15, -0.1) is 0 Å². The van der Waals surface area contributed by atoms with Crippen molar-refractivity contribution in [1.82, 2.24) is 5.32 Å². The average Bonchev–Trinajstić information content (AvgIpc) is 2.27. The third kappa shape index (κ3) is 3.53. The number of benzene rings is 1. The fraction of sp³-hybridized carbons (Fsp3) is 0.385. The van der Waals surface area contributed by atoms with E-state index < -0.39 is 5.97 Å². The number of carboxylic acid groups (broad SMARTS) is 1. The number of carbonyl (C=O) groups excluding carboxylic acids is 1. The van der Waals surface area contributed by atoms with E-state index in [2.05, 4.69) is 21.2 Å². The van der Waals surface area contributed by atoms with Crippen LogP contribution in [0.1, 0.15) is 18.4 Å². The number of hydrogen-bond acceptors (Lipinski definition) is 2. The summed E-state index contributed by atoms with van der Waals surface area (Å²) in [6.45, 7) is 0. The summed E-state index contributed by atoms with van der Waals surface area (Å²) in [5.74, 6) is -1.70. The SMILES string of the molecule is O=C(Cc1ccc(F)c(Br)c1)NC1CC(C(=O)O)C1. The third-order valence-electron chi connectivity index (χ3n) is 3.20. The molecular formula is C13H13BrFNO3. The predicted molar refractivity (Wildman–Crippen MR) is 70.1 cm³/mol. The van der Waals surface area contributed by atoms with Crippen LogP contribution in [0.15, 0.2) is 22.7 Å². The molecule has 1 aliphatic carbocycles. The van der Waals surface area contributed by atoms with Gasteiger partial charge >= 0.3 is 5.97 Å². The van der Waals surface area contributed by atoms with E-state index in [4.69, 9.17) is 5.11 Å². The van der Waals surface area contributed by atoms with E-state index >= 15 is 0 Å². The molecule has 0 aromatic heterocycles. The zero-order valence-corrected chi connectivity index (χ0v) is 11.6. The molecule has 0 heterocycles. The van der Waals surface area contributed by atoms with Gasteiger partial charge in [-0.2, -0.15) is 0 Å². The van der Waals surface area contributed by atoms with Crippen molar-refractivity contribution in [3.8, 4) is 0 Å². The van der Waals surface area contributed by atoms with Gasteiger partial charge in [0.1, 0.15) is 5.82 Å². The maximum Gasteiger partial charge on any atom is 0.306 e. The van der Waals surface area contributed by atoms with E-state index in [1.54, 1.807) is 12.1 Å². The van der Waals surface area contributed by atoms with Crippen molar-refractivity contribution in [3.05, 3.63) is 34.1 Å². The minimum absolute atomic E-state index is 0.0579. The zero-order chi connectivity index (χ0) is 14.0. The molecule has 1 aromatic rings. The largest absolute Gasteiger partial charge is 0.481 e. The standard InChI is InChI=1S/C13H13BrFNO3/c14-10-3-7(1-2-11(10)15)4-12(17)16-9-5-8(6-9)13(18)19/h1-3,8-9H,4-6H2,(H,16,17)(H,18,19). The summed E-state index contributed by atoms with van der Waals surface area (Å²) >= 11 is 3.06. The minimum atomic E-state index is -0.812. The number of nitrogens with one attached hydrogen (secondary N) is 1. The monoisotopic (exact) mass is 329 g/mol. The molecule has 1 saturated carbocycles. The van der Waals surface area contributed by atoms with Gasteiger partial charge in [0.2, 0.25) is 5.91 Å². The Morgan fingerprint density at radius 2 is 2.11 bits per heavy atom. The van der Waals surface area contributed by atoms with Gasteiger partial charge < -0.3 is 10.4 Å². The number of rotatable bonds is 4. The first-order chi connectivity index (χ1) is 8.95. The molecule has 2 rings (SSSR count). The number of aliphatic carboxylic acids is 1. The number of carboxylic acids is 1. The molecule has 0 aliphatic heterocycles. The lowest BCUT2D eigenvalue weighted by Gasteiger charge is -2.32. The Kier molecular flexibility index (Phi) is 4.19. The van der Waals surface area contributed by atoms with Gasteiger partial charge in [0.05, 0.1) is 16.8 Å². The molecule has 0 radical (unpaired) electrons. The summed E-state index contributed by atoms with van der Waals surface area (Å²) in [5.41, 5.74) is 0.708. The van der Waals surface area contributed by atoms with E-state index in [1.807, 2.05) is 0 Å². The molecule has 19 heavy (non-hydrogen) atoms. The average molecular weight is 330 g/mol. The Balaban J connectivity index is 1.82. The first-order valence-corrected chi connectivity index (χ1v) is 6.71. The van der Waals surface area contributed by atoms with Gasteiger partial charge in [-0.1, -0.05) is 6.07 Å². The molecule has 0 spiro atoms. The first kappa shape index (κ1) is 14.0. The number of hydrogen-bond donors (Lipinski definition) is 2. The van der Waals surface area contributed by atoms with Crippen LogP contribution in [-0.4, -0.2) is 23.0 Å². The predicted octanol–water partition coefficient (Wildman–Crippen LogP) is 2.11. The smallest absolute Gasteiger partial charge is 0.306 e. The van der Waals surface area contributed by atoms with Gasteiger partial charge in [0, 0.05) is 6.04 Å². The molecule has 6 heteroatoms. The van der Waals surface area contributed by atoms with Gasteiger partial charge in [-0.25, -0.2) is 4.39 Å². The van der Waals surface area contributed by atoms with E-state index in [-0.39, 0.29) is 30.1 Å². The van der Waals surface area contributed by atoms with Gasteiger partial charge in [0.25, 0.3) is 0 Å². The van der Waals surface area contributed by atoms with Crippen LogP contribution in [0.4, 0.5) is 4.39 Å². The molecular weight excluding hydrogens is 317 g/mol. The summed E-state index contributed by atoms with van der Waals surface area (Å²) in [6.07, 6.45) is 1.12. The van der Waals surface area contributed by atoms with E-state index in [0.717, 1.165) is 0 Å². The van der Waals surface area contributed by atoms with Crippen LogP contribution in [0.2, 0.25) is 0 Å². The Bertz CT molecular complexity index is 515. The van der Waals surface area contributed by atoms with Crippen LogP contribution in [0.5, 0.6) is 0 Å². The van der Waals surface area contributed by atoms with Crippen LogP contribution in [-0.2, 0) is 16.0 Å². The van der Waals surface area contributed by atoms with Crippen molar-refractivity contribution in [2.45, 2.75) is 25.3 Å². The highest BCUT2D eigenvalue weighted by atomic mass is 79.9. The summed E-state index contributed by atoms with van der Waals surface area (Å²) in [6, 6.07) is 4.37. The minimum Gasteiger partial charge on any atom is -0.481 e. The molecule has 4 nitrogen and oxygen atoms in total.